The highest BCUT2D eigenvalue weighted by Gasteiger charge is 2.35. The number of phenols is 1. The van der Waals surface area contributed by atoms with Gasteiger partial charge in [0, 0.05) is 28.3 Å². The lowest BCUT2D eigenvalue weighted by Crippen LogP contribution is -2.32. The Balaban J connectivity index is 0.00000481. The third-order valence-electron chi connectivity index (χ3n) is 7.01. The first kappa shape index (κ1) is 30.3. The molecule has 0 aliphatic heterocycles. The van der Waals surface area contributed by atoms with E-state index in [1.165, 1.54) is 6.92 Å². The number of rotatable bonds is 12. The van der Waals surface area contributed by atoms with Gasteiger partial charge >= 0.3 is 0 Å². The molecule has 0 bridgehead atoms. The molecule has 2 aromatic carbocycles. The fourth-order valence-corrected chi connectivity index (χ4v) is 5.49. The average molecular weight is 518 g/mol. The lowest BCUT2D eigenvalue weighted by Gasteiger charge is -2.31. The molecule has 3 atom stereocenters. The van der Waals surface area contributed by atoms with Gasteiger partial charge in [-0.1, -0.05) is 24.3 Å². The lowest BCUT2D eigenvalue weighted by molar-refractivity contribution is -0.131. The Hall–Kier alpha value is -2.91. The highest BCUT2D eigenvalue weighted by atomic mass is 16.3. The molecule has 0 amide bonds. The maximum atomic E-state index is 13.2. The lowest BCUT2D eigenvalue weighted by atomic mass is 9.72. The van der Waals surface area contributed by atoms with Crippen LogP contribution in [-0.4, -0.2) is 70.4 Å². The zero-order chi connectivity index (χ0) is 26.4. The van der Waals surface area contributed by atoms with Crippen molar-refractivity contribution >= 4 is 17.3 Å². The Bertz CT molecular complexity index is 1120. The number of aromatic hydroxyl groups is 1. The molecule has 0 heterocycles. The number of fused-ring (bicyclic) bond motifs is 1. The molecule has 1 aliphatic carbocycles. The molecule has 206 valence electrons. The SMILES string of the molecule is CC(=O)CC(=O)C(CO)C(CCO)CC1CC(=O)c2c(O)ccc(-c3cccc(CN(C)C)c3)c2C1.O.[HH].[HH]. The highest BCUT2D eigenvalue weighted by Crippen LogP contribution is 2.41. The third-order valence-corrected chi connectivity index (χ3v) is 7.01. The number of hydrogen-bond donors (Lipinski definition) is 3. The zero-order valence-electron chi connectivity index (χ0n) is 21.9. The summed E-state index contributed by atoms with van der Waals surface area (Å²) in [7, 11) is 4.00. The molecule has 3 rings (SSSR count). The standard InChI is InChI=1S/C29H37NO6.H2O.2H2/c1-18(33)11-27(35)25(17-32)22(9-10-31)13-20-14-24-23(7-8-26(34)29(24)28(36)15-20)21-6-4-5-19(12-21)16-30(2)3;;;/h4-8,12,20,22,25,31-32,34H,9-11,13-17H2,1-3H3;1H2;2*1H. The monoisotopic (exact) mass is 517 g/mol. The van der Waals surface area contributed by atoms with E-state index in [4.69, 9.17) is 0 Å². The van der Waals surface area contributed by atoms with E-state index in [1.807, 2.05) is 32.3 Å². The van der Waals surface area contributed by atoms with Crippen LogP contribution in [0.3, 0.4) is 0 Å². The van der Waals surface area contributed by atoms with Gasteiger partial charge in [0.1, 0.15) is 17.3 Å². The fourth-order valence-electron chi connectivity index (χ4n) is 5.49. The summed E-state index contributed by atoms with van der Waals surface area (Å²) >= 11 is 0. The third kappa shape index (κ3) is 7.55. The van der Waals surface area contributed by atoms with Gasteiger partial charge in [0.25, 0.3) is 0 Å². The maximum absolute atomic E-state index is 13.2. The molecular formula is C29H43NO7. The summed E-state index contributed by atoms with van der Waals surface area (Å²) < 4.78 is 0. The molecule has 2 aromatic rings. The molecule has 5 N–H and O–H groups in total. The quantitative estimate of drug-likeness (QED) is 0.367. The van der Waals surface area contributed by atoms with Crippen molar-refractivity contribution in [3.8, 4) is 16.9 Å². The van der Waals surface area contributed by atoms with E-state index in [0.29, 0.717) is 24.8 Å². The molecule has 1 aliphatic rings. The summed E-state index contributed by atoms with van der Waals surface area (Å²) in [6, 6.07) is 11.5. The maximum Gasteiger partial charge on any atom is 0.167 e. The molecule has 0 saturated heterocycles. The first-order valence-corrected chi connectivity index (χ1v) is 12.5. The van der Waals surface area contributed by atoms with Gasteiger partial charge < -0.3 is 25.7 Å². The second-order valence-electron chi connectivity index (χ2n) is 10.3. The number of Topliss-reactive ketones (excluding diaryl/α,β-unsaturated/α-hetero) is 3. The molecule has 8 nitrogen and oxygen atoms in total. The summed E-state index contributed by atoms with van der Waals surface area (Å²) in [5, 5.41) is 30.1. The number of nitrogens with zero attached hydrogens (tertiary/aromatic N) is 1. The number of hydrogen-bond acceptors (Lipinski definition) is 7. The Morgan fingerprint density at radius 2 is 1.86 bits per heavy atom. The number of carbonyl (C=O) groups is 3. The fraction of sp³-hybridized carbons (Fsp3) is 0.483. The molecule has 0 radical (unpaired) electrons. The Kier molecular flexibility index (Phi) is 11.1. The van der Waals surface area contributed by atoms with Gasteiger partial charge in [-0.3, -0.25) is 14.4 Å². The van der Waals surface area contributed by atoms with E-state index in [1.54, 1.807) is 6.07 Å². The van der Waals surface area contributed by atoms with Crippen molar-refractivity contribution in [2.24, 2.45) is 17.8 Å². The summed E-state index contributed by atoms with van der Waals surface area (Å²) in [5.41, 5.74) is 4.14. The highest BCUT2D eigenvalue weighted by molar-refractivity contribution is 6.03. The van der Waals surface area contributed by atoms with Crippen LogP contribution >= 0.6 is 0 Å². The second-order valence-corrected chi connectivity index (χ2v) is 10.3. The molecule has 37 heavy (non-hydrogen) atoms. The Morgan fingerprint density at radius 3 is 2.49 bits per heavy atom. The van der Waals surface area contributed by atoms with Crippen LogP contribution in [0.25, 0.3) is 11.1 Å². The van der Waals surface area contributed by atoms with Crippen LogP contribution in [0.4, 0.5) is 0 Å². The van der Waals surface area contributed by atoms with Crippen molar-refractivity contribution in [1.29, 1.82) is 0 Å². The van der Waals surface area contributed by atoms with Gasteiger partial charge in [-0.15, -0.1) is 0 Å². The predicted octanol–water partition coefficient (Wildman–Crippen LogP) is 3.08. The predicted molar refractivity (Wildman–Crippen MR) is 146 cm³/mol. The van der Waals surface area contributed by atoms with Crippen molar-refractivity contribution in [3.05, 3.63) is 53.1 Å². The van der Waals surface area contributed by atoms with E-state index in [9.17, 15) is 29.7 Å². The van der Waals surface area contributed by atoms with Gasteiger partial charge in [-0.2, -0.15) is 0 Å². The number of phenolic OH excluding ortho intramolecular Hbond substituents is 1. The molecule has 3 unspecified atom stereocenters. The van der Waals surface area contributed by atoms with Crippen LogP contribution < -0.4 is 0 Å². The first-order valence-electron chi connectivity index (χ1n) is 12.5. The van der Waals surface area contributed by atoms with Crippen LogP contribution in [-0.2, 0) is 22.6 Å². The minimum atomic E-state index is -0.760. The zero-order valence-corrected chi connectivity index (χ0v) is 21.9. The largest absolute Gasteiger partial charge is 0.507 e. The van der Waals surface area contributed by atoms with Gasteiger partial charge in [-0.25, -0.2) is 0 Å². The van der Waals surface area contributed by atoms with Gasteiger partial charge in [-0.05, 0) is 86.5 Å². The van der Waals surface area contributed by atoms with E-state index < -0.39 is 12.5 Å². The van der Waals surface area contributed by atoms with Gasteiger partial charge in [0.2, 0.25) is 0 Å². The van der Waals surface area contributed by atoms with E-state index in [0.717, 1.165) is 28.8 Å². The molecule has 0 saturated carbocycles. The summed E-state index contributed by atoms with van der Waals surface area (Å²) in [5.74, 6) is -2.01. The summed E-state index contributed by atoms with van der Waals surface area (Å²) in [4.78, 5) is 39.4. The van der Waals surface area contributed by atoms with Crippen molar-refractivity contribution < 1.29 is 38.0 Å². The van der Waals surface area contributed by atoms with Crippen LogP contribution in [0.1, 0.15) is 56.9 Å². The topological polar surface area (TPSA) is 147 Å². The normalized spacial score (nSPS) is 16.6. The van der Waals surface area contributed by atoms with Gasteiger partial charge in [0.15, 0.2) is 5.78 Å². The van der Waals surface area contributed by atoms with E-state index >= 15 is 0 Å². The first-order chi connectivity index (χ1) is 17.1. The number of aliphatic hydroxyl groups excluding tert-OH is 2. The van der Waals surface area contributed by atoms with Crippen molar-refractivity contribution in [1.82, 2.24) is 4.90 Å². The number of aliphatic hydroxyl groups is 2. The second kappa shape index (κ2) is 13.6. The van der Waals surface area contributed by atoms with E-state index in [2.05, 4.69) is 17.0 Å². The number of carbonyl (C=O) groups excluding carboxylic acids is 3. The Labute approximate surface area is 221 Å². The summed E-state index contributed by atoms with van der Waals surface area (Å²) in [6.45, 7) is 1.55. The molecular weight excluding hydrogens is 474 g/mol. The summed E-state index contributed by atoms with van der Waals surface area (Å²) in [6.07, 6.45) is 1.25. The number of ketones is 3. The average Bonchev–Trinajstić information content (AvgIpc) is 2.79. The van der Waals surface area contributed by atoms with Gasteiger partial charge in [0.05, 0.1) is 18.6 Å². The van der Waals surface area contributed by atoms with Crippen LogP contribution in [0.15, 0.2) is 36.4 Å². The molecule has 0 aromatic heterocycles. The molecule has 0 fully saturated rings. The number of benzene rings is 2. The molecule has 0 spiro atoms. The van der Waals surface area contributed by atoms with Crippen molar-refractivity contribution in [2.75, 3.05) is 27.3 Å². The van der Waals surface area contributed by atoms with Crippen LogP contribution in [0.2, 0.25) is 0 Å². The van der Waals surface area contributed by atoms with Crippen molar-refractivity contribution in [3.63, 3.8) is 0 Å². The van der Waals surface area contributed by atoms with E-state index in [-0.39, 0.29) is 62.7 Å². The molecule has 8 heteroatoms. The smallest absolute Gasteiger partial charge is 0.167 e. The van der Waals surface area contributed by atoms with Crippen LogP contribution in [0.5, 0.6) is 5.75 Å². The Morgan fingerprint density at radius 1 is 1.14 bits per heavy atom. The minimum Gasteiger partial charge on any atom is -0.507 e. The van der Waals surface area contributed by atoms with Crippen molar-refractivity contribution in [2.45, 2.75) is 45.6 Å². The van der Waals surface area contributed by atoms with Crippen LogP contribution in [0, 0.1) is 17.8 Å². The minimum absolute atomic E-state index is 0.